The van der Waals surface area contributed by atoms with Gasteiger partial charge in [0.05, 0.1) is 11.7 Å². The monoisotopic (exact) mass is 326 g/mol. The van der Waals surface area contributed by atoms with Crippen LogP contribution in [0.4, 0.5) is 4.39 Å². The van der Waals surface area contributed by atoms with Crippen molar-refractivity contribution in [2.24, 2.45) is 0 Å². The van der Waals surface area contributed by atoms with Gasteiger partial charge in [-0.2, -0.15) is 5.26 Å². The molecular weight excluding hydrogens is 303 g/mol. The largest absolute Gasteiger partial charge is 0.393 e. The molecule has 4 heteroatoms. The van der Waals surface area contributed by atoms with Crippen molar-refractivity contribution in [3.63, 3.8) is 0 Å². The van der Waals surface area contributed by atoms with E-state index in [0.29, 0.717) is 13.0 Å². The minimum Gasteiger partial charge on any atom is -0.393 e. The lowest BCUT2D eigenvalue weighted by Crippen LogP contribution is -2.26. The Morgan fingerprint density at radius 2 is 1.83 bits per heavy atom. The number of nitrogens with zero attached hydrogens (tertiary/aromatic N) is 1. The second kappa shape index (κ2) is 8.58. The van der Waals surface area contributed by atoms with E-state index in [0.717, 1.165) is 5.56 Å². The third-order valence-corrected chi connectivity index (χ3v) is 4.18. The Morgan fingerprint density at radius 3 is 2.42 bits per heavy atom. The predicted octanol–water partition coefficient (Wildman–Crippen LogP) is 3.90. The minimum absolute atomic E-state index is 0.0487. The molecule has 0 aliphatic heterocycles. The zero-order valence-corrected chi connectivity index (χ0v) is 14.0. The van der Waals surface area contributed by atoms with Crippen LogP contribution in [0.15, 0.2) is 48.5 Å². The van der Waals surface area contributed by atoms with Gasteiger partial charge in [-0.05, 0) is 49.4 Å². The topological polar surface area (TPSA) is 56.0 Å². The van der Waals surface area contributed by atoms with Crippen molar-refractivity contribution >= 4 is 0 Å². The lowest BCUT2D eigenvalue weighted by molar-refractivity contribution is 0.173. The Labute approximate surface area is 142 Å². The van der Waals surface area contributed by atoms with Gasteiger partial charge in [-0.3, -0.25) is 0 Å². The van der Waals surface area contributed by atoms with Gasteiger partial charge in [0.25, 0.3) is 0 Å². The summed E-state index contributed by atoms with van der Waals surface area (Å²) < 4.78 is 13.8. The van der Waals surface area contributed by atoms with Gasteiger partial charge < -0.3 is 10.4 Å². The lowest BCUT2D eigenvalue weighted by atomic mass is 9.93. The zero-order chi connectivity index (χ0) is 17.5. The number of hydrogen-bond acceptors (Lipinski definition) is 3. The molecule has 3 nitrogen and oxygen atoms in total. The summed E-state index contributed by atoms with van der Waals surface area (Å²) in [4.78, 5) is 0. The van der Waals surface area contributed by atoms with E-state index in [1.165, 1.54) is 17.7 Å². The zero-order valence-electron chi connectivity index (χ0n) is 14.0. The molecular formula is C20H23FN2O. The highest BCUT2D eigenvalue weighted by Gasteiger charge is 2.16. The highest BCUT2D eigenvalue weighted by Crippen LogP contribution is 2.23. The molecule has 3 unspecified atom stereocenters. The second-order valence-corrected chi connectivity index (χ2v) is 6.17. The number of nitrogens with one attached hydrogen (secondary N) is 1. The number of benzene rings is 2. The summed E-state index contributed by atoms with van der Waals surface area (Å²) in [6, 6.07) is 16.5. The van der Waals surface area contributed by atoms with E-state index >= 15 is 0 Å². The molecule has 3 atom stereocenters. The molecule has 0 radical (unpaired) electrons. The Bertz CT molecular complexity index is 695. The van der Waals surface area contributed by atoms with Gasteiger partial charge in [0.2, 0.25) is 0 Å². The van der Waals surface area contributed by atoms with Crippen molar-refractivity contribution in [3.05, 3.63) is 71.0 Å². The molecule has 0 aromatic heterocycles. The Morgan fingerprint density at radius 1 is 1.12 bits per heavy atom. The summed E-state index contributed by atoms with van der Waals surface area (Å²) in [5.41, 5.74) is 2.03. The fraction of sp³-hybridized carbons (Fsp3) is 0.350. The van der Waals surface area contributed by atoms with Crippen molar-refractivity contribution in [3.8, 4) is 6.07 Å². The van der Waals surface area contributed by atoms with E-state index in [1.807, 2.05) is 31.2 Å². The number of rotatable bonds is 7. The molecule has 0 aliphatic rings. The number of hydrogen-bond donors (Lipinski definition) is 2. The van der Waals surface area contributed by atoms with Gasteiger partial charge >= 0.3 is 0 Å². The molecule has 2 N–H and O–H groups in total. The van der Waals surface area contributed by atoms with Crippen LogP contribution in [0.3, 0.4) is 0 Å². The van der Waals surface area contributed by atoms with E-state index in [2.05, 4.69) is 17.4 Å². The lowest BCUT2D eigenvalue weighted by Gasteiger charge is -2.23. The second-order valence-electron chi connectivity index (χ2n) is 6.17. The van der Waals surface area contributed by atoms with Crippen LogP contribution in [0.5, 0.6) is 0 Å². The maximum atomic E-state index is 13.8. The standard InChI is InChI=1S/C20H23FN2O/c1-14(24)10-19(16-6-4-3-5-7-16)13-23-15(2)17-8-9-18(12-22)20(21)11-17/h3-9,11,14-15,19,23-24H,10,13H2,1-2H3. The third kappa shape index (κ3) is 4.89. The molecule has 0 aliphatic carbocycles. The predicted molar refractivity (Wildman–Crippen MR) is 93.0 cm³/mol. The van der Waals surface area contributed by atoms with E-state index in [9.17, 15) is 9.50 Å². The molecule has 2 aromatic carbocycles. The van der Waals surface area contributed by atoms with Crippen LogP contribution in [0, 0.1) is 17.1 Å². The fourth-order valence-corrected chi connectivity index (χ4v) is 2.80. The molecule has 0 saturated heterocycles. The molecule has 0 heterocycles. The van der Waals surface area contributed by atoms with Crippen molar-refractivity contribution in [1.82, 2.24) is 5.32 Å². The van der Waals surface area contributed by atoms with Gasteiger partial charge in [0.15, 0.2) is 0 Å². The van der Waals surface area contributed by atoms with Gasteiger partial charge in [-0.15, -0.1) is 0 Å². The van der Waals surface area contributed by atoms with Crippen molar-refractivity contribution < 1.29 is 9.50 Å². The average molecular weight is 326 g/mol. The van der Waals surface area contributed by atoms with E-state index < -0.39 is 5.82 Å². The summed E-state index contributed by atoms with van der Waals surface area (Å²) >= 11 is 0. The van der Waals surface area contributed by atoms with Gasteiger partial charge in [-0.25, -0.2) is 4.39 Å². The molecule has 126 valence electrons. The van der Waals surface area contributed by atoms with Gasteiger partial charge in [-0.1, -0.05) is 36.4 Å². The number of aliphatic hydroxyl groups is 1. The fourth-order valence-electron chi connectivity index (χ4n) is 2.80. The van der Waals surface area contributed by atoms with Crippen LogP contribution in [-0.2, 0) is 0 Å². The minimum atomic E-state index is -0.493. The average Bonchev–Trinajstić information content (AvgIpc) is 2.58. The van der Waals surface area contributed by atoms with Crippen LogP contribution in [-0.4, -0.2) is 17.8 Å². The Kier molecular flexibility index (Phi) is 6.48. The summed E-state index contributed by atoms with van der Waals surface area (Å²) in [6.07, 6.45) is 0.269. The molecule has 0 fully saturated rings. The summed E-state index contributed by atoms with van der Waals surface area (Å²) in [6.45, 7) is 4.43. The summed E-state index contributed by atoms with van der Waals surface area (Å²) in [7, 11) is 0. The Hall–Kier alpha value is -2.22. The maximum absolute atomic E-state index is 13.8. The maximum Gasteiger partial charge on any atom is 0.141 e. The number of aliphatic hydroxyl groups excluding tert-OH is 1. The van der Waals surface area contributed by atoms with E-state index in [4.69, 9.17) is 5.26 Å². The smallest absolute Gasteiger partial charge is 0.141 e. The summed E-state index contributed by atoms with van der Waals surface area (Å²) in [5.74, 6) is -0.316. The van der Waals surface area contributed by atoms with Crippen LogP contribution < -0.4 is 5.32 Å². The first-order valence-corrected chi connectivity index (χ1v) is 8.17. The number of nitriles is 1. The molecule has 2 rings (SSSR count). The molecule has 24 heavy (non-hydrogen) atoms. The quantitative estimate of drug-likeness (QED) is 0.811. The molecule has 0 saturated carbocycles. The molecule has 0 amide bonds. The molecule has 0 bridgehead atoms. The van der Waals surface area contributed by atoms with Crippen molar-refractivity contribution in [2.75, 3.05) is 6.54 Å². The van der Waals surface area contributed by atoms with Crippen molar-refractivity contribution in [2.45, 2.75) is 38.3 Å². The van der Waals surface area contributed by atoms with Crippen LogP contribution in [0.1, 0.15) is 48.9 Å². The highest BCUT2D eigenvalue weighted by molar-refractivity contribution is 5.34. The van der Waals surface area contributed by atoms with E-state index in [-0.39, 0.29) is 23.6 Å². The first-order valence-electron chi connectivity index (χ1n) is 8.17. The van der Waals surface area contributed by atoms with Gasteiger partial charge in [0, 0.05) is 12.6 Å². The summed E-state index contributed by atoms with van der Waals surface area (Å²) in [5, 5.41) is 22.0. The van der Waals surface area contributed by atoms with E-state index in [1.54, 1.807) is 13.0 Å². The van der Waals surface area contributed by atoms with Crippen molar-refractivity contribution in [1.29, 1.82) is 5.26 Å². The third-order valence-electron chi connectivity index (χ3n) is 4.18. The number of halogens is 1. The van der Waals surface area contributed by atoms with Gasteiger partial charge in [0.1, 0.15) is 11.9 Å². The SMILES string of the molecule is CC(O)CC(CNC(C)c1ccc(C#N)c(F)c1)c1ccccc1. The first-order chi connectivity index (χ1) is 11.5. The van der Waals surface area contributed by atoms with Crippen LogP contribution >= 0.6 is 0 Å². The first kappa shape index (κ1) is 18.1. The van der Waals surface area contributed by atoms with Crippen LogP contribution in [0.2, 0.25) is 0 Å². The molecule has 2 aromatic rings. The highest BCUT2D eigenvalue weighted by atomic mass is 19.1. The Balaban J connectivity index is 2.05. The molecule has 0 spiro atoms. The van der Waals surface area contributed by atoms with Crippen LogP contribution in [0.25, 0.3) is 0 Å². The normalized spacial score (nSPS) is 14.6.